The molecule has 3 rings (SSSR count). The second kappa shape index (κ2) is 7.11. The Morgan fingerprint density at radius 1 is 1.38 bits per heavy atom. The van der Waals surface area contributed by atoms with Gasteiger partial charge in [-0.1, -0.05) is 12.1 Å². The third kappa shape index (κ3) is 3.60. The zero-order chi connectivity index (χ0) is 18.9. The first-order chi connectivity index (χ1) is 12.3. The molecule has 0 saturated carbocycles. The predicted octanol–water partition coefficient (Wildman–Crippen LogP) is 1.74. The number of hydrogen-bond donors (Lipinski definition) is 0. The smallest absolute Gasteiger partial charge is 0.274 e. The van der Waals surface area contributed by atoms with Crippen LogP contribution in [0.25, 0.3) is 11.3 Å². The van der Waals surface area contributed by atoms with Crippen molar-refractivity contribution in [3.05, 3.63) is 36.0 Å². The Morgan fingerprint density at radius 2 is 2.15 bits per heavy atom. The highest BCUT2D eigenvalue weighted by atomic mass is 32.2. The molecular weight excluding hydrogens is 354 g/mol. The van der Waals surface area contributed by atoms with Crippen LogP contribution in [0.5, 0.6) is 5.75 Å². The molecule has 1 fully saturated rings. The Labute approximate surface area is 153 Å². The second-order valence-corrected chi connectivity index (χ2v) is 8.65. The minimum atomic E-state index is -3.05. The summed E-state index contributed by atoms with van der Waals surface area (Å²) >= 11 is 0. The molecule has 1 aromatic heterocycles. The van der Waals surface area contributed by atoms with Crippen LogP contribution in [-0.2, 0) is 16.9 Å². The largest absolute Gasteiger partial charge is 0.497 e. The fourth-order valence-electron chi connectivity index (χ4n) is 3.36. The summed E-state index contributed by atoms with van der Waals surface area (Å²) in [5.74, 6) is 0.656. The Morgan fingerprint density at radius 3 is 2.77 bits per heavy atom. The number of aryl methyl sites for hydroxylation is 1. The molecule has 1 saturated heterocycles. The molecule has 2 aromatic rings. The predicted molar refractivity (Wildman–Crippen MR) is 99.0 cm³/mol. The molecule has 1 aliphatic rings. The van der Waals surface area contributed by atoms with Crippen molar-refractivity contribution >= 4 is 15.7 Å². The lowest BCUT2D eigenvalue weighted by Gasteiger charge is -2.25. The molecule has 8 heteroatoms. The van der Waals surface area contributed by atoms with E-state index in [1.165, 1.54) is 0 Å². The van der Waals surface area contributed by atoms with Gasteiger partial charge in [-0.15, -0.1) is 0 Å². The van der Waals surface area contributed by atoms with Crippen LogP contribution in [0.1, 0.15) is 23.8 Å². The SMILES string of the molecule is CCN(C(=O)c1cc(-c2cccc(OC)c2)n(C)n1)C1CCS(=O)(=O)C1. The maximum atomic E-state index is 12.9. The molecule has 0 bridgehead atoms. The summed E-state index contributed by atoms with van der Waals surface area (Å²) in [6.45, 7) is 2.30. The van der Waals surface area contributed by atoms with Gasteiger partial charge >= 0.3 is 0 Å². The average Bonchev–Trinajstić information content (AvgIpc) is 3.18. The maximum absolute atomic E-state index is 12.9. The Hall–Kier alpha value is -2.35. The molecule has 7 nitrogen and oxygen atoms in total. The van der Waals surface area contributed by atoms with Crippen LogP contribution >= 0.6 is 0 Å². The summed E-state index contributed by atoms with van der Waals surface area (Å²) in [7, 11) is 0.330. The van der Waals surface area contributed by atoms with E-state index < -0.39 is 9.84 Å². The Kier molecular flexibility index (Phi) is 5.04. The summed E-state index contributed by atoms with van der Waals surface area (Å²) in [6, 6.07) is 9.00. The number of nitrogens with zero attached hydrogens (tertiary/aromatic N) is 3. The lowest BCUT2D eigenvalue weighted by atomic mass is 10.1. The van der Waals surface area contributed by atoms with E-state index in [1.54, 1.807) is 29.8 Å². The Balaban J connectivity index is 1.88. The standard InChI is InChI=1S/C18H23N3O4S/c1-4-21(14-8-9-26(23,24)12-14)18(22)16-11-17(20(2)19-16)13-6-5-7-15(10-13)25-3/h5-7,10-11,14H,4,8-9,12H2,1-3H3. The normalized spacial score (nSPS) is 18.7. The van der Waals surface area contributed by atoms with Gasteiger partial charge in [0.05, 0.1) is 24.3 Å². The van der Waals surface area contributed by atoms with E-state index in [0.29, 0.717) is 18.7 Å². The first-order valence-electron chi connectivity index (χ1n) is 8.54. The Bertz CT molecular complexity index is 920. The van der Waals surface area contributed by atoms with Crippen LogP contribution in [-0.4, -0.2) is 60.2 Å². The summed E-state index contributed by atoms with van der Waals surface area (Å²) in [5.41, 5.74) is 2.00. The van der Waals surface area contributed by atoms with Crippen molar-refractivity contribution in [2.75, 3.05) is 25.2 Å². The van der Waals surface area contributed by atoms with Gasteiger partial charge in [0.2, 0.25) is 0 Å². The molecule has 26 heavy (non-hydrogen) atoms. The van der Waals surface area contributed by atoms with Gasteiger partial charge in [-0.3, -0.25) is 9.48 Å². The second-order valence-electron chi connectivity index (χ2n) is 6.42. The minimum absolute atomic E-state index is 0.0299. The molecule has 0 N–H and O–H groups in total. The third-order valence-corrected chi connectivity index (χ3v) is 6.47. The fourth-order valence-corrected chi connectivity index (χ4v) is 5.09. The highest BCUT2D eigenvalue weighted by Gasteiger charge is 2.35. The van der Waals surface area contributed by atoms with Crippen LogP contribution in [0.3, 0.4) is 0 Å². The number of sulfone groups is 1. The number of benzene rings is 1. The van der Waals surface area contributed by atoms with Crippen LogP contribution in [0.4, 0.5) is 0 Å². The number of carbonyl (C=O) groups excluding carboxylic acids is 1. The number of carbonyl (C=O) groups is 1. The molecule has 140 valence electrons. The molecule has 1 unspecified atom stereocenters. The number of amides is 1. The van der Waals surface area contributed by atoms with Crippen molar-refractivity contribution in [2.45, 2.75) is 19.4 Å². The molecule has 1 atom stereocenters. The molecule has 1 aliphatic heterocycles. The molecule has 0 spiro atoms. The quantitative estimate of drug-likeness (QED) is 0.793. The molecular formula is C18H23N3O4S. The zero-order valence-electron chi connectivity index (χ0n) is 15.2. The molecule has 0 radical (unpaired) electrons. The summed E-state index contributed by atoms with van der Waals surface area (Å²) in [5, 5.41) is 4.35. The average molecular weight is 377 g/mol. The summed E-state index contributed by atoms with van der Waals surface area (Å²) < 4.78 is 30.4. The summed E-state index contributed by atoms with van der Waals surface area (Å²) in [6.07, 6.45) is 0.484. The van der Waals surface area contributed by atoms with Crippen molar-refractivity contribution in [3.63, 3.8) is 0 Å². The van der Waals surface area contributed by atoms with Gasteiger partial charge in [0.25, 0.3) is 5.91 Å². The van der Waals surface area contributed by atoms with Crippen molar-refractivity contribution in [1.82, 2.24) is 14.7 Å². The van der Waals surface area contributed by atoms with Crippen LogP contribution in [0.15, 0.2) is 30.3 Å². The number of aromatic nitrogens is 2. The number of rotatable bonds is 5. The zero-order valence-corrected chi connectivity index (χ0v) is 16.0. The molecule has 0 aliphatic carbocycles. The van der Waals surface area contributed by atoms with Gasteiger partial charge in [-0.25, -0.2) is 8.42 Å². The lowest BCUT2D eigenvalue weighted by Crippen LogP contribution is -2.41. The third-order valence-electron chi connectivity index (χ3n) is 4.72. The monoisotopic (exact) mass is 377 g/mol. The van der Waals surface area contributed by atoms with Gasteiger partial charge in [0.15, 0.2) is 15.5 Å². The number of methoxy groups -OCH3 is 1. The minimum Gasteiger partial charge on any atom is -0.497 e. The first-order valence-corrected chi connectivity index (χ1v) is 10.4. The van der Waals surface area contributed by atoms with Crippen molar-refractivity contribution in [1.29, 1.82) is 0 Å². The number of ether oxygens (including phenoxy) is 1. The highest BCUT2D eigenvalue weighted by molar-refractivity contribution is 7.91. The molecule has 1 amide bonds. The van der Waals surface area contributed by atoms with Crippen molar-refractivity contribution in [3.8, 4) is 17.0 Å². The molecule has 1 aromatic carbocycles. The number of hydrogen-bond acceptors (Lipinski definition) is 5. The van der Waals surface area contributed by atoms with Gasteiger partial charge in [-0.2, -0.15) is 5.10 Å². The van der Waals surface area contributed by atoms with E-state index in [-0.39, 0.29) is 23.5 Å². The van der Waals surface area contributed by atoms with E-state index in [9.17, 15) is 13.2 Å². The van der Waals surface area contributed by atoms with E-state index in [0.717, 1.165) is 17.0 Å². The fraction of sp³-hybridized carbons (Fsp3) is 0.444. The van der Waals surface area contributed by atoms with E-state index in [2.05, 4.69) is 5.10 Å². The van der Waals surface area contributed by atoms with Crippen LogP contribution in [0, 0.1) is 0 Å². The topological polar surface area (TPSA) is 81.5 Å². The van der Waals surface area contributed by atoms with E-state index in [4.69, 9.17) is 4.74 Å². The van der Waals surface area contributed by atoms with Crippen LogP contribution in [0.2, 0.25) is 0 Å². The van der Waals surface area contributed by atoms with Crippen LogP contribution < -0.4 is 4.74 Å². The maximum Gasteiger partial charge on any atom is 0.274 e. The molecule has 2 heterocycles. The van der Waals surface area contributed by atoms with Gasteiger partial charge in [-0.05, 0) is 31.5 Å². The van der Waals surface area contributed by atoms with Gasteiger partial charge in [0.1, 0.15) is 5.75 Å². The van der Waals surface area contributed by atoms with Gasteiger partial charge in [0, 0.05) is 25.2 Å². The lowest BCUT2D eigenvalue weighted by molar-refractivity contribution is 0.0701. The van der Waals surface area contributed by atoms with Crippen molar-refractivity contribution < 1.29 is 17.9 Å². The summed E-state index contributed by atoms with van der Waals surface area (Å²) in [4.78, 5) is 14.5. The first kappa shape index (κ1) is 18.4. The highest BCUT2D eigenvalue weighted by Crippen LogP contribution is 2.25. The van der Waals surface area contributed by atoms with Gasteiger partial charge < -0.3 is 9.64 Å². The van der Waals surface area contributed by atoms with E-state index >= 15 is 0 Å². The van der Waals surface area contributed by atoms with Crippen molar-refractivity contribution in [2.24, 2.45) is 7.05 Å². The van der Waals surface area contributed by atoms with E-state index in [1.807, 2.05) is 31.2 Å².